The standard InChI is InChI=1S/C15H11BrFN3O/c1-8-12(17)5-9(6-13(8)19)15(21)20-14-3-2-11(16)4-10(14)7-18/h2-6H,19H2,1H3,(H,20,21). The van der Waals surface area contributed by atoms with E-state index in [-0.39, 0.29) is 11.3 Å². The first kappa shape index (κ1) is 15.0. The van der Waals surface area contributed by atoms with Crippen molar-refractivity contribution in [3.05, 3.63) is 57.3 Å². The highest BCUT2D eigenvalue weighted by atomic mass is 79.9. The van der Waals surface area contributed by atoms with Crippen LogP contribution in [0.4, 0.5) is 15.8 Å². The third-order valence-corrected chi connectivity index (χ3v) is 3.49. The summed E-state index contributed by atoms with van der Waals surface area (Å²) >= 11 is 3.25. The Labute approximate surface area is 129 Å². The van der Waals surface area contributed by atoms with Crippen LogP contribution in [-0.2, 0) is 0 Å². The number of carbonyl (C=O) groups excluding carboxylic acids is 1. The number of amides is 1. The Hall–Kier alpha value is -2.39. The van der Waals surface area contributed by atoms with Crippen molar-refractivity contribution in [1.82, 2.24) is 0 Å². The lowest BCUT2D eigenvalue weighted by Gasteiger charge is -2.09. The maximum Gasteiger partial charge on any atom is 0.255 e. The molecule has 106 valence electrons. The third kappa shape index (κ3) is 3.20. The topological polar surface area (TPSA) is 78.9 Å². The largest absolute Gasteiger partial charge is 0.398 e. The second-order valence-electron chi connectivity index (χ2n) is 4.43. The molecule has 1 amide bonds. The fourth-order valence-electron chi connectivity index (χ4n) is 1.74. The second kappa shape index (κ2) is 5.94. The van der Waals surface area contributed by atoms with E-state index in [1.807, 2.05) is 6.07 Å². The maximum atomic E-state index is 13.6. The average Bonchev–Trinajstić information content (AvgIpc) is 2.45. The number of hydrogen-bond donors (Lipinski definition) is 2. The zero-order valence-corrected chi connectivity index (χ0v) is 12.7. The molecule has 2 rings (SSSR count). The van der Waals surface area contributed by atoms with Gasteiger partial charge >= 0.3 is 0 Å². The number of halogens is 2. The number of rotatable bonds is 2. The Morgan fingerprint density at radius 1 is 1.38 bits per heavy atom. The zero-order chi connectivity index (χ0) is 15.6. The molecular formula is C15H11BrFN3O. The molecule has 3 N–H and O–H groups in total. The Bertz CT molecular complexity index is 745. The minimum absolute atomic E-state index is 0.0995. The zero-order valence-electron chi connectivity index (χ0n) is 11.1. The van der Waals surface area contributed by atoms with E-state index in [1.54, 1.807) is 18.2 Å². The molecule has 21 heavy (non-hydrogen) atoms. The molecule has 4 nitrogen and oxygen atoms in total. The van der Waals surface area contributed by atoms with Gasteiger partial charge in [-0.15, -0.1) is 0 Å². The highest BCUT2D eigenvalue weighted by molar-refractivity contribution is 9.10. The van der Waals surface area contributed by atoms with E-state index in [0.717, 1.165) is 10.5 Å². The van der Waals surface area contributed by atoms with E-state index in [2.05, 4.69) is 21.2 Å². The van der Waals surface area contributed by atoms with Crippen LogP contribution >= 0.6 is 15.9 Å². The van der Waals surface area contributed by atoms with Gasteiger partial charge in [-0.2, -0.15) is 5.26 Å². The predicted molar refractivity (Wildman–Crippen MR) is 82.4 cm³/mol. The lowest BCUT2D eigenvalue weighted by Crippen LogP contribution is -2.14. The highest BCUT2D eigenvalue weighted by Crippen LogP contribution is 2.22. The summed E-state index contributed by atoms with van der Waals surface area (Å²) in [5.41, 5.74) is 6.91. The van der Waals surface area contributed by atoms with E-state index in [0.29, 0.717) is 16.8 Å². The number of nitrogens with two attached hydrogens (primary N) is 1. The van der Waals surface area contributed by atoms with Crippen LogP contribution in [0.1, 0.15) is 21.5 Å². The van der Waals surface area contributed by atoms with E-state index in [4.69, 9.17) is 11.0 Å². The molecule has 0 aliphatic rings. The molecular weight excluding hydrogens is 337 g/mol. The van der Waals surface area contributed by atoms with Gasteiger partial charge in [0.05, 0.1) is 11.3 Å². The van der Waals surface area contributed by atoms with E-state index in [1.165, 1.54) is 13.0 Å². The van der Waals surface area contributed by atoms with Crippen molar-refractivity contribution in [3.63, 3.8) is 0 Å². The molecule has 0 aliphatic carbocycles. The summed E-state index contributed by atoms with van der Waals surface area (Å²) in [6, 6.07) is 9.37. The molecule has 0 fully saturated rings. The van der Waals surface area contributed by atoms with E-state index in [9.17, 15) is 9.18 Å². The van der Waals surface area contributed by atoms with Crippen molar-refractivity contribution < 1.29 is 9.18 Å². The van der Waals surface area contributed by atoms with Gasteiger partial charge in [0.15, 0.2) is 0 Å². The van der Waals surface area contributed by atoms with Gasteiger partial charge in [0.25, 0.3) is 5.91 Å². The van der Waals surface area contributed by atoms with Gasteiger partial charge in [0.1, 0.15) is 11.9 Å². The number of nitriles is 1. The molecule has 2 aromatic carbocycles. The third-order valence-electron chi connectivity index (χ3n) is 3.00. The van der Waals surface area contributed by atoms with Gasteiger partial charge in [0, 0.05) is 21.3 Å². The number of nitrogen functional groups attached to an aromatic ring is 1. The molecule has 0 atom stereocenters. The van der Waals surface area contributed by atoms with Crippen molar-refractivity contribution in [2.45, 2.75) is 6.92 Å². The van der Waals surface area contributed by atoms with E-state index < -0.39 is 11.7 Å². The van der Waals surface area contributed by atoms with Crippen LogP contribution in [0.25, 0.3) is 0 Å². The molecule has 0 aliphatic heterocycles. The van der Waals surface area contributed by atoms with Crippen molar-refractivity contribution in [1.29, 1.82) is 5.26 Å². The first-order valence-electron chi connectivity index (χ1n) is 5.99. The van der Waals surface area contributed by atoms with Crippen molar-refractivity contribution >= 4 is 33.2 Å². The number of hydrogen-bond acceptors (Lipinski definition) is 3. The Balaban J connectivity index is 2.33. The van der Waals surface area contributed by atoms with Gasteiger partial charge in [-0.05, 0) is 37.3 Å². The highest BCUT2D eigenvalue weighted by Gasteiger charge is 2.13. The molecule has 0 radical (unpaired) electrons. The number of carbonyl (C=O) groups is 1. The molecule has 0 bridgehead atoms. The Kier molecular flexibility index (Phi) is 4.24. The summed E-state index contributed by atoms with van der Waals surface area (Å²) < 4.78 is 14.3. The smallest absolute Gasteiger partial charge is 0.255 e. The molecule has 0 unspecified atom stereocenters. The SMILES string of the molecule is Cc1c(N)cc(C(=O)Nc2ccc(Br)cc2C#N)cc1F. The number of nitrogens with one attached hydrogen (secondary N) is 1. The molecule has 0 spiro atoms. The van der Waals surface area contributed by atoms with Gasteiger partial charge < -0.3 is 11.1 Å². The fourth-order valence-corrected chi connectivity index (χ4v) is 2.10. The van der Waals surface area contributed by atoms with Crippen molar-refractivity contribution in [3.8, 4) is 6.07 Å². The minimum atomic E-state index is -0.545. The average molecular weight is 348 g/mol. The van der Waals surface area contributed by atoms with Crippen LogP contribution in [0.3, 0.4) is 0 Å². The van der Waals surface area contributed by atoms with Crippen LogP contribution in [0.5, 0.6) is 0 Å². The van der Waals surface area contributed by atoms with Crippen LogP contribution in [0.15, 0.2) is 34.8 Å². The lowest BCUT2D eigenvalue weighted by atomic mass is 10.1. The van der Waals surface area contributed by atoms with Gasteiger partial charge in [0.2, 0.25) is 0 Å². The van der Waals surface area contributed by atoms with Crippen LogP contribution in [0, 0.1) is 24.1 Å². The lowest BCUT2D eigenvalue weighted by molar-refractivity contribution is 0.102. The summed E-state index contributed by atoms with van der Waals surface area (Å²) in [7, 11) is 0. The predicted octanol–water partition coefficient (Wildman–Crippen LogP) is 3.60. The van der Waals surface area contributed by atoms with E-state index >= 15 is 0 Å². The number of anilines is 2. The van der Waals surface area contributed by atoms with Gasteiger partial charge in [-0.3, -0.25) is 4.79 Å². The Morgan fingerprint density at radius 3 is 2.71 bits per heavy atom. The van der Waals surface area contributed by atoms with Gasteiger partial charge in [-0.25, -0.2) is 4.39 Å². The summed E-state index contributed by atoms with van der Waals surface area (Å²) in [4.78, 5) is 12.1. The first-order valence-corrected chi connectivity index (χ1v) is 6.78. The maximum absolute atomic E-state index is 13.6. The van der Waals surface area contributed by atoms with Crippen LogP contribution in [0.2, 0.25) is 0 Å². The summed E-state index contributed by atoms with van der Waals surface area (Å²) in [6.45, 7) is 1.54. The molecule has 2 aromatic rings. The molecule has 0 aromatic heterocycles. The molecule has 0 saturated heterocycles. The van der Waals surface area contributed by atoms with Gasteiger partial charge in [-0.1, -0.05) is 15.9 Å². The monoisotopic (exact) mass is 347 g/mol. The fraction of sp³-hybridized carbons (Fsp3) is 0.0667. The van der Waals surface area contributed by atoms with Crippen molar-refractivity contribution in [2.24, 2.45) is 0 Å². The van der Waals surface area contributed by atoms with Crippen LogP contribution in [-0.4, -0.2) is 5.91 Å². The quantitative estimate of drug-likeness (QED) is 0.814. The number of benzene rings is 2. The Morgan fingerprint density at radius 2 is 2.10 bits per heavy atom. The molecule has 0 heterocycles. The summed E-state index contributed by atoms with van der Waals surface area (Å²) in [5.74, 6) is -1.07. The summed E-state index contributed by atoms with van der Waals surface area (Å²) in [6.07, 6.45) is 0. The minimum Gasteiger partial charge on any atom is -0.398 e. The van der Waals surface area contributed by atoms with Crippen molar-refractivity contribution in [2.75, 3.05) is 11.1 Å². The first-order chi connectivity index (χ1) is 9.92. The summed E-state index contributed by atoms with van der Waals surface area (Å²) in [5, 5.41) is 11.6. The molecule has 6 heteroatoms. The second-order valence-corrected chi connectivity index (χ2v) is 5.34. The molecule has 0 saturated carbocycles. The number of nitrogens with zero attached hydrogens (tertiary/aromatic N) is 1. The normalized spacial score (nSPS) is 10.0. The van der Waals surface area contributed by atoms with Crippen LogP contribution < -0.4 is 11.1 Å².